The summed E-state index contributed by atoms with van der Waals surface area (Å²) >= 11 is 1.50. The number of carbonyl (C=O) groups is 1. The minimum atomic E-state index is -0.402. The van der Waals surface area contributed by atoms with E-state index in [0.717, 1.165) is 19.0 Å². The molecule has 1 saturated heterocycles. The van der Waals surface area contributed by atoms with Gasteiger partial charge in [0.15, 0.2) is 0 Å². The van der Waals surface area contributed by atoms with Crippen LogP contribution in [0.15, 0.2) is 0 Å². The lowest BCUT2D eigenvalue weighted by atomic mass is 10.2. The summed E-state index contributed by atoms with van der Waals surface area (Å²) in [4.78, 5) is 13.8. The van der Waals surface area contributed by atoms with Gasteiger partial charge in [-0.05, 0) is 39.8 Å². The predicted molar refractivity (Wildman–Crippen MR) is 58.0 cm³/mol. The molecule has 0 atom stereocenters. The van der Waals surface area contributed by atoms with Gasteiger partial charge in [0.1, 0.15) is 5.60 Å². The molecule has 1 heterocycles. The van der Waals surface area contributed by atoms with Gasteiger partial charge in [-0.15, -0.1) is 0 Å². The fourth-order valence-corrected chi connectivity index (χ4v) is 1.83. The zero-order valence-corrected chi connectivity index (χ0v) is 10.1. The molecule has 4 nitrogen and oxygen atoms in total. The van der Waals surface area contributed by atoms with Crippen molar-refractivity contribution in [1.29, 1.82) is 0 Å². The van der Waals surface area contributed by atoms with Crippen LogP contribution in [0.4, 0.5) is 4.79 Å². The molecule has 0 unspecified atom stereocenters. The van der Waals surface area contributed by atoms with Gasteiger partial charge in [-0.25, -0.2) is 9.10 Å². The van der Waals surface area contributed by atoms with Crippen molar-refractivity contribution in [2.45, 2.75) is 26.4 Å². The Morgan fingerprint density at radius 3 is 2.43 bits per heavy atom. The van der Waals surface area contributed by atoms with Crippen LogP contribution in [0.25, 0.3) is 0 Å². The van der Waals surface area contributed by atoms with E-state index in [0.29, 0.717) is 0 Å². The topological polar surface area (TPSA) is 32.8 Å². The summed E-state index contributed by atoms with van der Waals surface area (Å²) in [7, 11) is 2.04. The van der Waals surface area contributed by atoms with E-state index in [9.17, 15) is 4.79 Å². The second-order valence-corrected chi connectivity index (χ2v) is 5.38. The monoisotopic (exact) mass is 218 g/mol. The van der Waals surface area contributed by atoms with Crippen LogP contribution in [0.1, 0.15) is 20.8 Å². The zero-order chi connectivity index (χ0) is 10.8. The van der Waals surface area contributed by atoms with E-state index in [-0.39, 0.29) is 6.09 Å². The molecule has 0 N–H and O–H groups in total. The van der Waals surface area contributed by atoms with Gasteiger partial charge in [-0.3, -0.25) is 4.90 Å². The molecule has 82 valence electrons. The average molecular weight is 218 g/mol. The molecule has 0 saturated carbocycles. The molecule has 0 aromatic heterocycles. The van der Waals surface area contributed by atoms with Gasteiger partial charge in [0, 0.05) is 13.1 Å². The first kappa shape index (κ1) is 11.7. The highest BCUT2D eigenvalue weighted by atomic mass is 32.2. The third-order valence-corrected chi connectivity index (χ3v) is 2.92. The van der Waals surface area contributed by atoms with E-state index >= 15 is 0 Å². The summed E-state index contributed by atoms with van der Waals surface area (Å²) in [6.45, 7) is 7.28. The fraction of sp³-hybridized carbons (Fsp3) is 0.889. The second-order valence-electron chi connectivity index (χ2n) is 4.42. The van der Waals surface area contributed by atoms with Crippen molar-refractivity contribution in [3.05, 3.63) is 0 Å². The molecule has 14 heavy (non-hydrogen) atoms. The molecule has 0 aromatic rings. The van der Waals surface area contributed by atoms with E-state index in [2.05, 4.69) is 4.90 Å². The Balaban J connectivity index is 2.38. The first-order valence-corrected chi connectivity index (χ1v) is 5.65. The number of ether oxygens (including phenoxy) is 1. The molecule has 0 aliphatic carbocycles. The molecule has 0 radical (unpaired) electrons. The Morgan fingerprint density at radius 1 is 1.36 bits per heavy atom. The Bertz CT molecular complexity index is 207. The number of hydrogen-bond acceptors (Lipinski definition) is 4. The largest absolute Gasteiger partial charge is 0.443 e. The number of nitrogens with zero attached hydrogens (tertiary/aromatic N) is 2. The molecular formula is C9H18N2O2S. The van der Waals surface area contributed by atoms with Crippen molar-refractivity contribution in [3.8, 4) is 0 Å². The lowest BCUT2D eigenvalue weighted by Gasteiger charge is -2.32. The Hall–Kier alpha value is -0.420. The standard InChI is InChI=1S/C9H18N2O2S/c1-9(2,3)13-8(12)11-6-5-10(4)7-14-11/h5-7H2,1-4H3. The van der Waals surface area contributed by atoms with E-state index in [1.165, 1.54) is 11.9 Å². The number of hydrogen-bond donors (Lipinski definition) is 0. The zero-order valence-electron chi connectivity index (χ0n) is 9.24. The molecular weight excluding hydrogens is 200 g/mol. The van der Waals surface area contributed by atoms with Crippen molar-refractivity contribution in [1.82, 2.24) is 9.21 Å². The molecule has 5 heteroatoms. The van der Waals surface area contributed by atoms with E-state index < -0.39 is 5.60 Å². The summed E-state index contributed by atoms with van der Waals surface area (Å²) in [6, 6.07) is 0. The SMILES string of the molecule is CN1CCN(C(=O)OC(C)(C)C)SC1. The lowest BCUT2D eigenvalue weighted by molar-refractivity contribution is 0.0388. The number of rotatable bonds is 0. The Kier molecular flexibility index (Phi) is 3.66. The Labute approximate surface area is 89.7 Å². The fourth-order valence-electron chi connectivity index (χ4n) is 1.02. The molecule has 1 aliphatic rings. The van der Waals surface area contributed by atoms with Gasteiger partial charge in [0.2, 0.25) is 0 Å². The van der Waals surface area contributed by atoms with Crippen molar-refractivity contribution in [3.63, 3.8) is 0 Å². The van der Waals surface area contributed by atoms with Crippen LogP contribution in [0.3, 0.4) is 0 Å². The molecule has 0 spiro atoms. The molecule has 1 rings (SSSR count). The van der Waals surface area contributed by atoms with Crippen molar-refractivity contribution in [2.75, 3.05) is 26.0 Å². The van der Waals surface area contributed by atoms with Crippen LogP contribution < -0.4 is 0 Å². The maximum Gasteiger partial charge on any atom is 0.420 e. The van der Waals surface area contributed by atoms with Crippen LogP contribution in [0.5, 0.6) is 0 Å². The summed E-state index contributed by atoms with van der Waals surface area (Å²) < 4.78 is 6.95. The number of carbonyl (C=O) groups excluding carboxylic acids is 1. The first-order chi connectivity index (χ1) is 6.38. The molecule has 0 bridgehead atoms. The molecule has 1 aliphatic heterocycles. The van der Waals surface area contributed by atoms with Crippen LogP contribution in [0, 0.1) is 0 Å². The van der Waals surface area contributed by atoms with Crippen LogP contribution in [0.2, 0.25) is 0 Å². The quantitative estimate of drug-likeness (QED) is 0.580. The highest BCUT2D eigenvalue weighted by Gasteiger charge is 2.25. The minimum Gasteiger partial charge on any atom is -0.443 e. The Morgan fingerprint density at radius 2 is 2.00 bits per heavy atom. The third-order valence-electron chi connectivity index (χ3n) is 1.72. The van der Waals surface area contributed by atoms with Gasteiger partial charge in [0.25, 0.3) is 0 Å². The lowest BCUT2D eigenvalue weighted by Crippen LogP contribution is -2.41. The van der Waals surface area contributed by atoms with Crippen LogP contribution >= 0.6 is 11.9 Å². The van der Waals surface area contributed by atoms with Crippen LogP contribution in [-0.2, 0) is 4.74 Å². The summed E-state index contributed by atoms with van der Waals surface area (Å²) in [5.74, 6) is 0.846. The number of likely N-dealkylation sites (N-methyl/N-ethyl adjacent to an activating group) is 1. The van der Waals surface area contributed by atoms with Gasteiger partial charge in [-0.2, -0.15) is 0 Å². The summed E-state index contributed by atoms with van der Waals surface area (Å²) in [5.41, 5.74) is -0.402. The minimum absolute atomic E-state index is 0.226. The average Bonchev–Trinajstić information content (AvgIpc) is 2.02. The molecule has 1 amide bonds. The predicted octanol–water partition coefficient (Wildman–Crippen LogP) is 1.77. The van der Waals surface area contributed by atoms with E-state index in [1.807, 2.05) is 27.8 Å². The van der Waals surface area contributed by atoms with Crippen LogP contribution in [-0.4, -0.2) is 46.9 Å². The second kappa shape index (κ2) is 4.40. The van der Waals surface area contributed by atoms with Crippen molar-refractivity contribution < 1.29 is 9.53 Å². The maximum absolute atomic E-state index is 11.6. The molecule has 1 fully saturated rings. The van der Waals surface area contributed by atoms with Crippen molar-refractivity contribution >= 4 is 18.0 Å². The summed E-state index contributed by atoms with van der Waals surface area (Å²) in [5, 5.41) is 0. The highest BCUT2D eigenvalue weighted by Crippen LogP contribution is 2.19. The maximum atomic E-state index is 11.6. The van der Waals surface area contributed by atoms with Gasteiger partial charge < -0.3 is 4.74 Å². The third kappa shape index (κ3) is 3.75. The normalized spacial score (nSPS) is 19.6. The van der Waals surface area contributed by atoms with Gasteiger partial charge in [-0.1, -0.05) is 0 Å². The smallest absolute Gasteiger partial charge is 0.420 e. The van der Waals surface area contributed by atoms with Crippen molar-refractivity contribution in [2.24, 2.45) is 0 Å². The van der Waals surface area contributed by atoms with Gasteiger partial charge >= 0.3 is 6.09 Å². The molecule has 0 aromatic carbocycles. The first-order valence-electron chi connectivity index (χ1n) is 4.70. The number of amides is 1. The van der Waals surface area contributed by atoms with E-state index in [1.54, 1.807) is 4.31 Å². The highest BCUT2D eigenvalue weighted by molar-refractivity contribution is 7.97. The summed E-state index contributed by atoms with van der Waals surface area (Å²) in [6.07, 6.45) is -0.226. The van der Waals surface area contributed by atoms with E-state index in [4.69, 9.17) is 4.74 Å². The van der Waals surface area contributed by atoms with Gasteiger partial charge in [0.05, 0.1) is 5.88 Å².